The number of hydrogen-bond acceptors (Lipinski definition) is 3. The van der Waals surface area contributed by atoms with Crippen LogP contribution in [-0.2, 0) is 9.47 Å². The molecule has 0 aromatic heterocycles. The van der Waals surface area contributed by atoms with Crippen LogP contribution in [0.15, 0.2) is 0 Å². The number of aliphatic hydroxyl groups is 1. The summed E-state index contributed by atoms with van der Waals surface area (Å²) in [7, 11) is 1.72. The van der Waals surface area contributed by atoms with Crippen molar-refractivity contribution in [3.05, 3.63) is 0 Å². The topological polar surface area (TPSA) is 38.7 Å². The van der Waals surface area contributed by atoms with Gasteiger partial charge in [-0.3, -0.25) is 0 Å². The van der Waals surface area contributed by atoms with Gasteiger partial charge < -0.3 is 14.6 Å². The molecule has 0 amide bonds. The third kappa shape index (κ3) is 6.11. The normalized spacial score (nSPS) is 19.9. The van der Waals surface area contributed by atoms with Gasteiger partial charge in [0.15, 0.2) is 0 Å². The zero-order valence-electron chi connectivity index (χ0n) is 13.5. The average Bonchev–Trinajstić information content (AvgIpc) is 2.50. The molecule has 0 radical (unpaired) electrons. The van der Waals surface area contributed by atoms with Crippen molar-refractivity contribution in [1.29, 1.82) is 0 Å². The molecule has 1 unspecified atom stereocenters. The first-order valence-electron chi connectivity index (χ1n) is 8.56. The Bertz CT molecular complexity index is 224. The van der Waals surface area contributed by atoms with Gasteiger partial charge in [-0.1, -0.05) is 58.3 Å². The summed E-state index contributed by atoms with van der Waals surface area (Å²) in [4.78, 5) is 0. The highest BCUT2D eigenvalue weighted by Gasteiger charge is 2.39. The molecule has 0 aromatic carbocycles. The van der Waals surface area contributed by atoms with E-state index in [1.165, 1.54) is 44.9 Å². The SMILES string of the molecule is CCCCCCCCCCC(O)C1(OC)CCOCC1. The summed E-state index contributed by atoms with van der Waals surface area (Å²) < 4.78 is 11.0. The molecular weight excluding hydrogens is 252 g/mol. The van der Waals surface area contributed by atoms with Crippen molar-refractivity contribution in [2.75, 3.05) is 20.3 Å². The molecule has 0 aromatic rings. The zero-order valence-corrected chi connectivity index (χ0v) is 13.5. The molecule has 1 saturated heterocycles. The van der Waals surface area contributed by atoms with Gasteiger partial charge in [0.25, 0.3) is 0 Å². The number of hydrogen-bond donors (Lipinski definition) is 1. The largest absolute Gasteiger partial charge is 0.390 e. The van der Waals surface area contributed by atoms with Crippen LogP contribution < -0.4 is 0 Å². The van der Waals surface area contributed by atoms with E-state index in [2.05, 4.69) is 6.92 Å². The van der Waals surface area contributed by atoms with Crippen molar-refractivity contribution in [2.45, 2.75) is 89.3 Å². The lowest BCUT2D eigenvalue weighted by Crippen LogP contribution is -2.48. The molecular formula is C17H34O3. The van der Waals surface area contributed by atoms with Crippen LogP contribution in [0.2, 0.25) is 0 Å². The van der Waals surface area contributed by atoms with E-state index < -0.39 is 0 Å². The van der Waals surface area contributed by atoms with Crippen LogP contribution in [0.1, 0.15) is 77.6 Å². The Morgan fingerprint density at radius 1 is 1.00 bits per heavy atom. The minimum Gasteiger partial charge on any atom is -0.390 e. The predicted octanol–water partition coefficient (Wildman–Crippen LogP) is 4.07. The van der Waals surface area contributed by atoms with Crippen LogP contribution in [0.4, 0.5) is 0 Å². The molecule has 0 bridgehead atoms. The zero-order chi connectivity index (χ0) is 14.7. The standard InChI is InChI=1S/C17H34O3/c1-3-4-5-6-7-8-9-10-11-16(18)17(19-2)12-14-20-15-13-17/h16,18H,3-15H2,1-2H3. The van der Waals surface area contributed by atoms with Crippen molar-refractivity contribution >= 4 is 0 Å². The Balaban J connectivity index is 2.08. The van der Waals surface area contributed by atoms with Gasteiger partial charge in [-0.25, -0.2) is 0 Å². The maximum Gasteiger partial charge on any atom is 0.0980 e. The molecule has 20 heavy (non-hydrogen) atoms. The fourth-order valence-corrected chi connectivity index (χ4v) is 3.12. The Morgan fingerprint density at radius 3 is 2.10 bits per heavy atom. The third-order valence-electron chi connectivity index (χ3n) is 4.68. The number of ether oxygens (including phenoxy) is 2. The van der Waals surface area contributed by atoms with E-state index in [1.807, 2.05) is 0 Å². The first-order valence-corrected chi connectivity index (χ1v) is 8.56. The Morgan fingerprint density at radius 2 is 1.55 bits per heavy atom. The van der Waals surface area contributed by atoms with Gasteiger partial charge in [0.1, 0.15) is 0 Å². The maximum absolute atomic E-state index is 10.4. The van der Waals surface area contributed by atoms with Crippen LogP contribution in [0.25, 0.3) is 0 Å². The van der Waals surface area contributed by atoms with Gasteiger partial charge in [0.2, 0.25) is 0 Å². The predicted molar refractivity (Wildman–Crippen MR) is 83.0 cm³/mol. The Hall–Kier alpha value is -0.120. The first kappa shape index (κ1) is 17.9. The highest BCUT2D eigenvalue weighted by atomic mass is 16.5. The second-order valence-electron chi connectivity index (χ2n) is 6.16. The molecule has 0 saturated carbocycles. The van der Waals surface area contributed by atoms with E-state index in [0.717, 1.165) is 25.7 Å². The molecule has 0 aliphatic carbocycles. The highest BCUT2D eigenvalue weighted by molar-refractivity contribution is 4.90. The molecule has 1 aliphatic rings. The average molecular weight is 286 g/mol. The van der Waals surface area contributed by atoms with Crippen molar-refractivity contribution in [1.82, 2.24) is 0 Å². The number of aliphatic hydroxyl groups excluding tert-OH is 1. The molecule has 3 nitrogen and oxygen atoms in total. The summed E-state index contributed by atoms with van der Waals surface area (Å²) in [6.45, 7) is 3.67. The summed E-state index contributed by atoms with van der Waals surface area (Å²) >= 11 is 0. The molecule has 1 aliphatic heterocycles. The van der Waals surface area contributed by atoms with Crippen LogP contribution in [0.5, 0.6) is 0 Å². The van der Waals surface area contributed by atoms with Crippen LogP contribution in [0, 0.1) is 0 Å². The number of unbranched alkanes of at least 4 members (excludes halogenated alkanes) is 7. The second-order valence-corrected chi connectivity index (χ2v) is 6.16. The molecule has 1 heterocycles. The molecule has 3 heteroatoms. The molecule has 0 spiro atoms. The Kier molecular flexibility index (Phi) is 9.49. The van der Waals surface area contributed by atoms with Crippen molar-refractivity contribution in [2.24, 2.45) is 0 Å². The third-order valence-corrected chi connectivity index (χ3v) is 4.68. The van der Waals surface area contributed by atoms with E-state index in [0.29, 0.717) is 13.2 Å². The summed E-state index contributed by atoms with van der Waals surface area (Å²) in [5.41, 5.74) is -0.348. The van der Waals surface area contributed by atoms with Crippen molar-refractivity contribution in [3.63, 3.8) is 0 Å². The minimum absolute atomic E-state index is 0.337. The van der Waals surface area contributed by atoms with Crippen LogP contribution in [0.3, 0.4) is 0 Å². The Labute approximate surface area is 125 Å². The van der Waals surface area contributed by atoms with E-state index >= 15 is 0 Å². The van der Waals surface area contributed by atoms with Gasteiger partial charge in [-0.05, 0) is 6.42 Å². The summed E-state index contributed by atoms with van der Waals surface area (Å²) in [6, 6.07) is 0. The van der Waals surface area contributed by atoms with Gasteiger partial charge in [0.05, 0.1) is 11.7 Å². The lowest BCUT2D eigenvalue weighted by Gasteiger charge is -2.39. The highest BCUT2D eigenvalue weighted by Crippen LogP contribution is 2.30. The van der Waals surface area contributed by atoms with E-state index in [9.17, 15) is 5.11 Å². The quantitative estimate of drug-likeness (QED) is 0.582. The fraction of sp³-hybridized carbons (Fsp3) is 1.00. The first-order chi connectivity index (χ1) is 9.75. The molecule has 1 N–H and O–H groups in total. The maximum atomic E-state index is 10.4. The van der Waals surface area contributed by atoms with E-state index in [-0.39, 0.29) is 11.7 Å². The van der Waals surface area contributed by atoms with Crippen LogP contribution >= 0.6 is 0 Å². The monoisotopic (exact) mass is 286 g/mol. The molecule has 1 fully saturated rings. The lowest BCUT2D eigenvalue weighted by molar-refractivity contribution is -0.154. The van der Waals surface area contributed by atoms with Crippen LogP contribution in [-0.4, -0.2) is 37.1 Å². The van der Waals surface area contributed by atoms with E-state index in [4.69, 9.17) is 9.47 Å². The van der Waals surface area contributed by atoms with E-state index in [1.54, 1.807) is 7.11 Å². The molecule has 1 rings (SSSR count). The smallest absolute Gasteiger partial charge is 0.0980 e. The minimum atomic E-state index is -0.348. The van der Waals surface area contributed by atoms with Gasteiger partial charge in [0, 0.05) is 33.2 Å². The summed E-state index contributed by atoms with van der Waals surface area (Å²) in [5, 5.41) is 10.4. The van der Waals surface area contributed by atoms with Gasteiger partial charge in [-0.2, -0.15) is 0 Å². The van der Waals surface area contributed by atoms with Crippen molar-refractivity contribution < 1.29 is 14.6 Å². The fourth-order valence-electron chi connectivity index (χ4n) is 3.12. The number of rotatable bonds is 11. The van der Waals surface area contributed by atoms with Crippen molar-refractivity contribution in [3.8, 4) is 0 Å². The lowest BCUT2D eigenvalue weighted by atomic mass is 9.85. The molecule has 1 atom stereocenters. The van der Waals surface area contributed by atoms with Gasteiger partial charge >= 0.3 is 0 Å². The number of methoxy groups -OCH3 is 1. The molecule has 120 valence electrons. The summed E-state index contributed by atoms with van der Waals surface area (Å²) in [5.74, 6) is 0. The van der Waals surface area contributed by atoms with Gasteiger partial charge in [-0.15, -0.1) is 0 Å². The second kappa shape index (κ2) is 10.6. The summed E-state index contributed by atoms with van der Waals surface area (Å²) in [6.07, 6.45) is 12.6.